The SMILES string of the molecule is CC(C)Oc1ccc(C(=O)C2CCOCC2)cc1. The maximum absolute atomic E-state index is 12.2. The highest BCUT2D eigenvalue weighted by atomic mass is 16.5. The lowest BCUT2D eigenvalue weighted by Gasteiger charge is -2.20. The summed E-state index contributed by atoms with van der Waals surface area (Å²) in [6, 6.07) is 7.45. The topological polar surface area (TPSA) is 35.5 Å². The molecule has 0 aromatic heterocycles. The monoisotopic (exact) mass is 248 g/mol. The van der Waals surface area contributed by atoms with Crippen LogP contribution in [0.3, 0.4) is 0 Å². The van der Waals surface area contributed by atoms with E-state index in [1.807, 2.05) is 38.1 Å². The minimum atomic E-state index is 0.121. The second-order valence-electron chi connectivity index (χ2n) is 4.94. The summed E-state index contributed by atoms with van der Waals surface area (Å²) in [5.41, 5.74) is 0.776. The van der Waals surface area contributed by atoms with Gasteiger partial charge in [0.25, 0.3) is 0 Å². The lowest BCUT2D eigenvalue weighted by molar-refractivity contribution is 0.0545. The Kier molecular flexibility index (Phi) is 4.37. The Hall–Kier alpha value is -1.35. The van der Waals surface area contributed by atoms with Crippen LogP contribution in [0.1, 0.15) is 37.0 Å². The van der Waals surface area contributed by atoms with Crippen LogP contribution < -0.4 is 4.74 Å². The summed E-state index contributed by atoms with van der Waals surface area (Å²) in [6.07, 6.45) is 1.83. The number of ketones is 1. The van der Waals surface area contributed by atoms with Crippen LogP contribution in [-0.2, 0) is 4.74 Å². The summed E-state index contributed by atoms with van der Waals surface area (Å²) in [5.74, 6) is 1.17. The van der Waals surface area contributed by atoms with Crippen molar-refractivity contribution in [3.05, 3.63) is 29.8 Å². The van der Waals surface area contributed by atoms with Gasteiger partial charge in [-0.1, -0.05) is 0 Å². The molecule has 1 aromatic carbocycles. The lowest BCUT2D eigenvalue weighted by atomic mass is 9.91. The average molecular weight is 248 g/mol. The maximum atomic E-state index is 12.2. The Morgan fingerprint density at radius 3 is 2.39 bits per heavy atom. The van der Waals surface area contributed by atoms with E-state index in [2.05, 4.69) is 0 Å². The fourth-order valence-electron chi connectivity index (χ4n) is 2.17. The molecule has 0 radical (unpaired) electrons. The van der Waals surface area contributed by atoms with Gasteiger partial charge in [-0.3, -0.25) is 4.79 Å². The minimum Gasteiger partial charge on any atom is -0.491 e. The van der Waals surface area contributed by atoms with Crippen molar-refractivity contribution in [3.63, 3.8) is 0 Å². The summed E-state index contributed by atoms with van der Waals surface area (Å²) >= 11 is 0. The van der Waals surface area contributed by atoms with E-state index >= 15 is 0 Å². The molecule has 0 N–H and O–H groups in total. The van der Waals surface area contributed by atoms with Crippen molar-refractivity contribution < 1.29 is 14.3 Å². The molecule has 0 bridgehead atoms. The van der Waals surface area contributed by atoms with Gasteiger partial charge in [0, 0.05) is 24.7 Å². The lowest BCUT2D eigenvalue weighted by Crippen LogP contribution is -2.23. The van der Waals surface area contributed by atoms with Crippen LogP contribution in [-0.4, -0.2) is 25.1 Å². The molecule has 1 fully saturated rings. The predicted octanol–water partition coefficient (Wildman–Crippen LogP) is 3.08. The molecule has 0 atom stereocenters. The smallest absolute Gasteiger partial charge is 0.166 e. The Labute approximate surface area is 108 Å². The number of hydrogen-bond donors (Lipinski definition) is 0. The van der Waals surface area contributed by atoms with Crippen LogP contribution in [0.2, 0.25) is 0 Å². The molecular weight excluding hydrogens is 228 g/mol. The molecule has 1 aromatic rings. The van der Waals surface area contributed by atoms with Gasteiger partial charge < -0.3 is 9.47 Å². The standard InChI is InChI=1S/C15H20O3/c1-11(2)18-14-5-3-12(4-6-14)15(16)13-7-9-17-10-8-13/h3-6,11,13H,7-10H2,1-2H3. The van der Waals surface area contributed by atoms with Crippen molar-refractivity contribution in [2.75, 3.05) is 13.2 Å². The normalized spacial score (nSPS) is 16.8. The predicted molar refractivity (Wildman–Crippen MR) is 70.1 cm³/mol. The Morgan fingerprint density at radius 2 is 1.83 bits per heavy atom. The van der Waals surface area contributed by atoms with E-state index in [0.717, 1.165) is 24.2 Å². The van der Waals surface area contributed by atoms with Gasteiger partial charge in [-0.25, -0.2) is 0 Å². The second-order valence-corrected chi connectivity index (χ2v) is 4.94. The molecule has 3 nitrogen and oxygen atoms in total. The molecule has 0 aliphatic carbocycles. The molecule has 1 saturated heterocycles. The third-order valence-electron chi connectivity index (χ3n) is 3.10. The molecule has 98 valence electrons. The van der Waals surface area contributed by atoms with E-state index in [1.165, 1.54) is 0 Å². The maximum Gasteiger partial charge on any atom is 0.166 e. The van der Waals surface area contributed by atoms with Crippen molar-refractivity contribution in [1.29, 1.82) is 0 Å². The van der Waals surface area contributed by atoms with E-state index in [0.29, 0.717) is 13.2 Å². The van der Waals surface area contributed by atoms with Crippen LogP contribution in [0.5, 0.6) is 5.75 Å². The molecule has 0 saturated carbocycles. The second kappa shape index (κ2) is 6.01. The highest BCUT2D eigenvalue weighted by Gasteiger charge is 2.22. The number of ether oxygens (including phenoxy) is 2. The van der Waals surface area contributed by atoms with Gasteiger partial charge >= 0.3 is 0 Å². The largest absolute Gasteiger partial charge is 0.491 e. The number of carbonyl (C=O) groups excluding carboxylic acids is 1. The van der Waals surface area contributed by atoms with Gasteiger partial charge in [0.05, 0.1) is 6.10 Å². The van der Waals surface area contributed by atoms with Gasteiger partial charge in [0.2, 0.25) is 0 Å². The Morgan fingerprint density at radius 1 is 1.22 bits per heavy atom. The first-order valence-corrected chi connectivity index (χ1v) is 6.55. The number of benzene rings is 1. The zero-order valence-electron chi connectivity index (χ0n) is 11.0. The van der Waals surface area contributed by atoms with Gasteiger partial charge in [-0.05, 0) is 51.0 Å². The van der Waals surface area contributed by atoms with Crippen LogP contribution in [0, 0.1) is 5.92 Å². The number of hydrogen-bond acceptors (Lipinski definition) is 3. The first-order chi connectivity index (χ1) is 8.66. The minimum absolute atomic E-state index is 0.121. The molecule has 0 spiro atoms. The number of rotatable bonds is 4. The van der Waals surface area contributed by atoms with E-state index < -0.39 is 0 Å². The van der Waals surface area contributed by atoms with Gasteiger partial charge in [-0.15, -0.1) is 0 Å². The van der Waals surface area contributed by atoms with E-state index in [-0.39, 0.29) is 17.8 Å². The van der Waals surface area contributed by atoms with Gasteiger partial charge in [0.1, 0.15) is 5.75 Å². The first kappa shape index (κ1) is 13.1. The van der Waals surface area contributed by atoms with Crippen LogP contribution >= 0.6 is 0 Å². The summed E-state index contributed by atoms with van der Waals surface area (Å²) in [4.78, 5) is 12.2. The van der Waals surface area contributed by atoms with Gasteiger partial charge in [0.15, 0.2) is 5.78 Å². The number of Topliss-reactive ketones (excluding diaryl/α,β-unsaturated/α-hetero) is 1. The molecule has 0 amide bonds. The van der Waals surface area contributed by atoms with E-state index in [1.54, 1.807) is 0 Å². The number of carbonyl (C=O) groups is 1. The molecule has 3 heteroatoms. The highest BCUT2D eigenvalue weighted by molar-refractivity contribution is 5.98. The third kappa shape index (κ3) is 3.33. The van der Waals surface area contributed by atoms with Crippen molar-refractivity contribution in [2.24, 2.45) is 5.92 Å². The molecule has 0 unspecified atom stereocenters. The summed E-state index contributed by atoms with van der Waals surface area (Å²) in [6.45, 7) is 5.37. The quantitative estimate of drug-likeness (QED) is 0.768. The molecule has 1 heterocycles. The van der Waals surface area contributed by atoms with Crippen molar-refractivity contribution >= 4 is 5.78 Å². The summed E-state index contributed by atoms with van der Waals surface area (Å²) in [7, 11) is 0. The average Bonchev–Trinajstić information content (AvgIpc) is 2.39. The molecule has 1 aliphatic rings. The fourth-order valence-corrected chi connectivity index (χ4v) is 2.17. The van der Waals surface area contributed by atoms with E-state index in [4.69, 9.17) is 9.47 Å². The Balaban J connectivity index is 2.02. The summed E-state index contributed by atoms with van der Waals surface area (Å²) < 4.78 is 10.8. The van der Waals surface area contributed by atoms with Crippen LogP contribution in [0.4, 0.5) is 0 Å². The third-order valence-corrected chi connectivity index (χ3v) is 3.10. The van der Waals surface area contributed by atoms with Crippen molar-refractivity contribution in [2.45, 2.75) is 32.8 Å². The van der Waals surface area contributed by atoms with Crippen LogP contribution in [0.15, 0.2) is 24.3 Å². The molecule has 2 rings (SSSR count). The van der Waals surface area contributed by atoms with Gasteiger partial charge in [-0.2, -0.15) is 0 Å². The summed E-state index contributed by atoms with van der Waals surface area (Å²) in [5, 5.41) is 0. The van der Waals surface area contributed by atoms with Crippen molar-refractivity contribution in [3.8, 4) is 5.75 Å². The fraction of sp³-hybridized carbons (Fsp3) is 0.533. The van der Waals surface area contributed by atoms with E-state index in [9.17, 15) is 4.79 Å². The zero-order chi connectivity index (χ0) is 13.0. The molecular formula is C15H20O3. The molecule has 1 aliphatic heterocycles. The first-order valence-electron chi connectivity index (χ1n) is 6.55. The molecule has 18 heavy (non-hydrogen) atoms. The zero-order valence-corrected chi connectivity index (χ0v) is 11.0. The Bertz CT molecular complexity index is 389. The van der Waals surface area contributed by atoms with Crippen LogP contribution in [0.25, 0.3) is 0 Å². The van der Waals surface area contributed by atoms with Crippen molar-refractivity contribution in [1.82, 2.24) is 0 Å². The highest BCUT2D eigenvalue weighted by Crippen LogP contribution is 2.22.